The summed E-state index contributed by atoms with van der Waals surface area (Å²) in [5.41, 5.74) is 0.693. The molecule has 1 aliphatic heterocycles. The summed E-state index contributed by atoms with van der Waals surface area (Å²) in [4.78, 5) is 45.2. The topological polar surface area (TPSA) is 96.8 Å². The first kappa shape index (κ1) is 28.0. The predicted molar refractivity (Wildman–Crippen MR) is 144 cm³/mol. The van der Waals surface area contributed by atoms with Crippen LogP contribution in [0.15, 0.2) is 48.5 Å². The van der Waals surface area contributed by atoms with Gasteiger partial charge in [0.05, 0.1) is 17.3 Å². The number of carbonyl (C=O) groups is 3. The fourth-order valence-corrected chi connectivity index (χ4v) is 4.86. The zero-order valence-electron chi connectivity index (χ0n) is 22.0. The van der Waals surface area contributed by atoms with Crippen LogP contribution in [0.1, 0.15) is 50.0 Å². The van der Waals surface area contributed by atoms with Crippen molar-refractivity contribution in [2.45, 2.75) is 45.7 Å². The van der Waals surface area contributed by atoms with Gasteiger partial charge in [-0.1, -0.05) is 43.6 Å². The number of para-hydroxylation sites is 1. The summed E-state index contributed by atoms with van der Waals surface area (Å²) >= 11 is 6.09. The van der Waals surface area contributed by atoms with Crippen LogP contribution in [0, 0.1) is 17.2 Å². The van der Waals surface area contributed by atoms with E-state index in [4.69, 9.17) is 16.9 Å². The Labute approximate surface area is 223 Å². The van der Waals surface area contributed by atoms with Crippen molar-refractivity contribution in [1.82, 2.24) is 15.1 Å². The molecule has 2 atom stereocenters. The van der Waals surface area contributed by atoms with Gasteiger partial charge in [0.25, 0.3) is 5.91 Å². The smallest absolute Gasteiger partial charge is 0.251 e. The molecular weight excluding hydrogens is 490 g/mol. The Kier molecular flexibility index (Phi) is 8.82. The van der Waals surface area contributed by atoms with E-state index in [1.807, 2.05) is 64.1 Å². The number of carbonyl (C=O) groups excluding carboxylic acids is 3. The summed E-state index contributed by atoms with van der Waals surface area (Å²) in [7, 11) is 1.78. The lowest BCUT2D eigenvalue weighted by atomic mass is 9.94. The molecule has 1 fully saturated rings. The summed E-state index contributed by atoms with van der Waals surface area (Å²) in [6.45, 7) is 8.81. The summed E-state index contributed by atoms with van der Waals surface area (Å²) in [5.74, 6) is -0.815. The summed E-state index contributed by atoms with van der Waals surface area (Å²) in [6, 6.07) is 15.4. The molecule has 8 nitrogen and oxygen atoms in total. The van der Waals surface area contributed by atoms with Gasteiger partial charge in [-0.2, -0.15) is 5.26 Å². The predicted octanol–water partition coefficient (Wildman–Crippen LogP) is 3.90. The van der Waals surface area contributed by atoms with Crippen LogP contribution in [0.25, 0.3) is 0 Å². The van der Waals surface area contributed by atoms with E-state index in [2.05, 4.69) is 10.2 Å². The van der Waals surface area contributed by atoms with Crippen LogP contribution >= 0.6 is 11.6 Å². The second kappa shape index (κ2) is 11.7. The number of hydrogen-bond acceptors (Lipinski definition) is 5. The van der Waals surface area contributed by atoms with Crippen molar-refractivity contribution in [3.05, 3.63) is 64.7 Å². The lowest BCUT2D eigenvalue weighted by Gasteiger charge is -2.36. The number of likely N-dealkylation sites (N-methyl/N-ethyl adjacent to an activating group) is 2. The van der Waals surface area contributed by atoms with Crippen molar-refractivity contribution >= 4 is 35.0 Å². The van der Waals surface area contributed by atoms with Crippen LogP contribution in [0.5, 0.6) is 0 Å². The quantitative estimate of drug-likeness (QED) is 0.537. The highest BCUT2D eigenvalue weighted by Gasteiger charge is 2.47. The first-order valence-corrected chi connectivity index (χ1v) is 12.8. The highest BCUT2D eigenvalue weighted by Crippen LogP contribution is 2.34. The molecule has 0 aromatic heterocycles. The lowest BCUT2D eigenvalue weighted by molar-refractivity contribution is -0.136. The van der Waals surface area contributed by atoms with Crippen molar-refractivity contribution < 1.29 is 14.4 Å². The Balaban J connectivity index is 1.76. The minimum Gasteiger partial charge on any atom is -0.341 e. The normalized spacial score (nSPS) is 18.1. The van der Waals surface area contributed by atoms with E-state index in [-0.39, 0.29) is 33.9 Å². The molecule has 1 N–H and O–H groups in total. The van der Waals surface area contributed by atoms with E-state index in [1.54, 1.807) is 16.8 Å². The molecule has 2 unspecified atom stereocenters. The molecule has 3 amide bonds. The molecule has 1 heterocycles. The molecule has 0 bridgehead atoms. The third-order valence-electron chi connectivity index (χ3n) is 6.96. The van der Waals surface area contributed by atoms with E-state index in [0.717, 1.165) is 5.69 Å². The van der Waals surface area contributed by atoms with Gasteiger partial charge in [0, 0.05) is 31.4 Å². The SMILES string of the molecule is CCN(CCC1(C)C(=O)N(C)CN1c1ccccc1)C(=O)C(NC(=O)c1ccc(C#N)c(Cl)c1)C(C)C. The van der Waals surface area contributed by atoms with Crippen LogP contribution in [0.2, 0.25) is 5.02 Å². The molecule has 3 rings (SSSR count). The number of amides is 3. The van der Waals surface area contributed by atoms with E-state index < -0.39 is 17.5 Å². The Morgan fingerprint density at radius 1 is 1.22 bits per heavy atom. The van der Waals surface area contributed by atoms with Gasteiger partial charge in [-0.3, -0.25) is 14.4 Å². The first-order chi connectivity index (χ1) is 17.5. The minimum atomic E-state index is -0.806. The highest BCUT2D eigenvalue weighted by atomic mass is 35.5. The maximum atomic E-state index is 13.6. The number of nitrogens with one attached hydrogen (secondary N) is 1. The monoisotopic (exact) mass is 523 g/mol. The van der Waals surface area contributed by atoms with Gasteiger partial charge in [0.1, 0.15) is 17.6 Å². The third kappa shape index (κ3) is 5.89. The van der Waals surface area contributed by atoms with Crippen molar-refractivity contribution in [1.29, 1.82) is 5.26 Å². The molecule has 196 valence electrons. The zero-order chi connectivity index (χ0) is 27.3. The van der Waals surface area contributed by atoms with Crippen LogP contribution < -0.4 is 10.2 Å². The minimum absolute atomic E-state index is 0.00580. The molecule has 9 heteroatoms. The van der Waals surface area contributed by atoms with Crippen molar-refractivity contribution in [2.75, 3.05) is 31.7 Å². The van der Waals surface area contributed by atoms with Gasteiger partial charge in [-0.25, -0.2) is 0 Å². The zero-order valence-corrected chi connectivity index (χ0v) is 22.7. The summed E-state index contributed by atoms with van der Waals surface area (Å²) in [5, 5.41) is 12.1. The molecular formula is C28H34ClN5O3. The largest absolute Gasteiger partial charge is 0.341 e. The van der Waals surface area contributed by atoms with Gasteiger partial charge in [0.15, 0.2) is 0 Å². The molecule has 0 saturated carbocycles. The second-order valence-electron chi connectivity index (χ2n) is 9.85. The average Bonchev–Trinajstić information content (AvgIpc) is 3.11. The van der Waals surface area contributed by atoms with Crippen LogP contribution in [0.3, 0.4) is 0 Å². The molecule has 2 aromatic rings. The highest BCUT2D eigenvalue weighted by molar-refractivity contribution is 6.32. The maximum Gasteiger partial charge on any atom is 0.251 e. The number of anilines is 1. The Bertz CT molecular complexity index is 1200. The average molecular weight is 524 g/mol. The van der Waals surface area contributed by atoms with Gasteiger partial charge >= 0.3 is 0 Å². The lowest BCUT2D eigenvalue weighted by Crippen LogP contribution is -2.54. The van der Waals surface area contributed by atoms with E-state index in [0.29, 0.717) is 26.2 Å². The van der Waals surface area contributed by atoms with E-state index in [9.17, 15) is 14.4 Å². The molecule has 0 radical (unpaired) electrons. The molecule has 1 aliphatic rings. The molecule has 0 spiro atoms. The third-order valence-corrected chi connectivity index (χ3v) is 7.27. The van der Waals surface area contributed by atoms with Gasteiger partial charge in [0.2, 0.25) is 11.8 Å². The maximum absolute atomic E-state index is 13.6. The van der Waals surface area contributed by atoms with Crippen molar-refractivity contribution in [2.24, 2.45) is 5.92 Å². The first-order valence-electron chi connectivity index (χ1n) is 12.4. The number of halogens is 1. The van der Waals surface area contributed by atoms with Gasteiger partial charge in [-0.05, 0) is 56.5 Å². The number of rotatable bonds is 9. The molecule has 2 aromatic carbocycles. The molecule has 1 saturated heterocycles. The molecule has 37 heavy (non-hydrogen) atoms. The van der Waals surface area contributed by atoms with Crippen molar-refractivity contribution in [3.63, 3.8) is 0 Å². The van der Waals surface area contributed by atoms with Crippen LogP contribution in [-0.2, 0) is 9.59 Å². The Hall–Kier alpha value is -3.57. The van der Waals surface area contributed by atoms with E-state index in [1.165, 1.54) is 18.2 Å². The Morgan fingerprint density at radius 2 is 1.89 bits per heavy atom. The van der Waals surface area contributed by atoms with E-state index >= 15 is 0 Å². The fraction of sp³-hybridized carbons (Fsp3) is 0.429. The number of nitriles is 1. The summed E-state index contributed by atoms with van der Waals surface area (Å²) < 4.78 is 0. The number of nitrogens with zero attached hydrogens (tertiary/aromatic N) is 4. The number of hydrogen-bond donors (Lipinski definition) is 1. The Morgan fingerprint density at radius 3 is 2.46 bits per heavy atom. The van der Waals surface area contributed by atoms with Gasteiger partial charge < -0.3 is 20.0 Å². The molecule has 0 aliphatic carbocycles. The van der Waals surface area contributed by atoms with Crippen LogP contribution in [0.4, 0.5) is 5.69 Å². The van der Waals surface area contributed by atoms with Crippen molar-refractivity contribution in [3.8, 4) is 6.07 Å². The fourth-order valence-electron chi connectivity index (χ4n) is 4.63. The second-order valence-corrected chi connectivity index (χ2v) is 10.3. The van der Waals surface area contributed by atoms with Gasteiger partial charge in [-0.15, -0.1) is 0 Å². The summed E-state index contributed by atoms with van der Waals surface area (Å²) in [6.07, 6.45) is 0.439. The standard InChI is InChI=1S/C28H34ClN5O3/c1-6-33(15-14-28(4)27(37)32(5)18-34(28)22-10-8-7-9-11-22)26(36)24(19(2)3)31-25(35)20-12-13-21(17-30)23(29)16-20/h7-13,16,19,24H,6,14-15,18H2,1-5H3,(H,31,35). The van der Waals surface area contributed by atoms with Crippen LogP contribution in [-0.4, -0.2) is 65.9 Å². The number of benzene rings is 2.